The number of halogens is 2. The molecule has 2 fully saturated rings. The van der Waals surface area contributed by atoms with E-state index in [4.69, 9.17) is 5.73 Å². The van der Waals surface area contributed by atoms with Crippen LogP contribution in [0.15, 0.2) is 0 Å². The molecule has 0 spiro atoms. The van der Waals surface area contributed by atoms with Crippen molar-refractivity contribution in [3.05, 3.63) is 0 Å². The van der Waals surface area contributed by atoms with Crippen molar-refractivity contribution >= 4 is 24.8 Å². The van der Waals surface area contributed by atoms with E-state index in [0.29, 0.717) is 6.04 Å². The first-order valence-electron chi connectivity index (χ1n) is 5.37. The van der Waals surface area contributed by atoms with Gasteiger partial charge >= 0.3 is 0 Å². The van der Waals surface area contributed by atoms with Gasteiger partial charge in [-0.15, -0.1) is 24.8 Å². The number of hydrogen-bond acceptors (Lipinski definition) is 2. The molecule has 0 aromatic rings. The first-order chi connectivity index (χ1) is 5.88. The minimum atomic E-state index is 0. The second-order valence-corrected chi connectivity index (χ2v) is 4.26. The molecule has 2 N–H and O–H groups in total. The van der Waals surface area contributed by atoms with E-state index in [9.17, 15) is 0 Å². The summed E-state index contributed by atoms with van der Waals surface area (Å²) in [5.41, 5.74) is 6.12. The van der Waals surface area contributed by atoms with Crippen LogP contribution in [0.1, 0.15) is 38.5 Å². The molecule has 0 aromatic carbocycles. The topological polar surface area (TPSA) is 29.3 Å². The molecule has 1 saturated heterocycles. The van der Waals surface area contributed by atoms with Gasteiger partial charge in [-0.1, -0.05) is 12.8 Å². The molecule has 86 valence electrons. The van der Waals surface area contributed by atoms with Crippen molar-refractivity contribution in [2.24, 2.45) is 5.73 Å². The lowest BCUT2D eigenvalue weighted by Gasteiger charge is -2.35. The van der Waals surface area contributed by atoms with E-state index in [1.807, 2.05) is 0 Å². The monoisotopic (exact) mass is 240 g/mol. The summed E-state index contributed by atoms with van der Waals surface area (Å²) in [5.74, 6) is 0. The number of rotatable bonds is 1. The second kappa shape index (κ2) is 6.89. The molecule has 2 unspecified atom stereocenters. The van der Waals surface area contributed by atoms with Gasteiger partial charge in [-0.3, -0.25) is 4.90 Å². The molecule has 4 heteroatoms. The molecule has 1 aliphatic carbocycles. The van der Waals surface area contributed by atoms with Gasteiger partial charge in [0.15, 0.2) is 0 Å². The van der Waals surface area contributed by atoms with Gasteiger partial charge in [0.2, 0.25) is 0 Å². The number of hydrogen-bond donors (Lipinski definition) is 1. The molecule has 1 aliphatic heterocycles. The lowest BCUT2D eigenvalue weighted by Crippen LogP contribution is -2.48. The summed E-state index contributed by atoms with van der Waals surface area (Å²) in [6.07, 6.45) is 8.13. The minimum absolute atomic E-state index is 0. The molecule has 2 atom stereocenters. The number of likely N-dealkylation sites (tertiary alicyclic amines) is 1. The Hall–Kier alpha value is 0.500. The van der Waals surface area contributed by atoms with Crippen molar-refractivity contribution in [1.29, 1.82) is 0 Å². The molecular formula is C10H22Cl2N2. The van der Waals surface area contributed by atoms with Gasteiger partial charge in [-0.25, -0.2) is 0 Å². The van der Waals surface area contributed by atoms with Gasteiger partial charge < -0.3 is 5.73 Å². The third-order valence-electron chi connectivity index (χ3n) is 3.39. The van der Waals surface area contributed by atoms with Gasteiger partial charge in [0, 0.05) is 12.1 Å². The summed E-state index contributed by atoms with van der Waals surface area (Å²) < 4.78 is 0. The maximum Gasteiger partial charge on any atom is 0.0247 e. The van der Waals surface area contributed by atoms with Crippen LogP contribution in [-0.4, -0.2) is 30.1 Å². The van der Waals surface area contributed by atoms with Crippen LogP contribution in [0.4, 0.5) is 0 Å². The predicted octanol–water partition coefficient (Wildman–Crippen LogP) is 2.20. The Bertz CT molecular complexity index is 149. The Balaban J connectivity index is 0.000000845. The maximum atomic E-state index is 6.12. The van der Waals surface area contributed by atoms with Crippen molar-refractivity contribution in [2.45, 2.75) is 50.6 Å². The normalized spacial score (nSPS) is 33.2. The van der Waals surface area contributed by atoms with Crippen LogP contribution in [0.2, 0.25) is 0 Å². The molecule has 14 heavy (non-hydrogen) atoms. The quantitative estimate of drug-likeness (QED) is 0.762. The zero-order valence-corrected chi connectivity index (χ0v) is 10.3. The van der Waals surface area contributed by atoms with E-state index < -0.39 is 0 Å². The minimum Gasteiger partial charge on any atom is -0.326 e. The Morgan fingerprint density at radius 1 is 0.857 bits per heavy atom. The Kier molecular flexibility index (Phi) is 7.13. The first-order valence-corrected chi connectivity index (χ1v) is 5.37. The molecular weight excluding hydrogens is 219 g/mol. The SMILES string of the molecule is Cl.Cl.NC1CCCCC1N1CCCC1. The maximum absolute atomic E-state index is 6.12. The smallest absolute Gasteiger partial charge is 0.0247 e. The van der Waals surface area contributed by atoms with Crippen molar-refractivity contribution in [3.63, 3.8) is 0 Å². The lowest BCUT2D eigenvalue weighted by atomic mass is 9.90. The van der Waals surface area contributed by atoms with Gasteiger partial charge in [0.05, 0.1) is 0 Å². The van der Waals surface area contributed by atoms with Crippen molar-refractivity contribution in [2.75, 3.05) is 13.1 Å². The predicted molar refractivity (Wildman–Crippen MR) is 65.5 cm³/mol. The van der Waals surface area contributed by atoms with Gasteiger partial charge in [-0.2, -0.15) is 0 Å². The standard InChI is InChI=1S/C10H20N2.2ClH/c11-9-5-1-2-6-10(9)12-7-3-4-8-12;;/h9-10H,1-8,11H2;2*1H. The van der Waals surface area contributed by atoms with E-state index in [1.165, 1.54) is 51.6 Å². The molecule has 2 rings (SSSR count). The van der Waals surface area contributed by atoms with Crippen LogP contribution in [0.3, 0.4) is 0 Å². The average Bonchev–Trinajstić information content (AvgIpc) is 2.57. The Labute approximate surface area is 99.4 Å². The zero-order chi connectivity index (χ0) is 8.39. The van der Waals surface area contributed by atoms with Crippen LogP contribution in [0.5, 0.6) is 0 Å². The Morgan fingerprint density at radius 2 is 1.43 bits per heavy atom. The third-order valence-corrected chi connectivity index (χ3v) is 3.39. The van der Waals surface area contributed by atoms with E-state index in [-0.39, 0.29) is 24.8 Å². The highest BCUT2D eigenvalue weighted by atomic mass is 35.5. The molecule has 0 aromatic heterocycles. The van der Waals surface area contributed by atoms with Crippen LogP contribution < -0.4 is 5.73 Å². The third kappa shape index (κ3) is 3.27. The van der Waals surface area contributed by atoms with E-state index in [0.717, 1.165) is 6.04 Å². The van der Waals surface area contributed by atoms with Gasteiger partial charge in [-0.05, 0) is 38.8 Å². The van der Waals surface area contributed by atoms with Crippen molar-refractivity contribution in [1.82, 2.24) is 4.90 Å². The summed E-state index contributed by atoms with van der Waals surface area (Å²) >= 11 is 0. The molecule has 1 heterocycles. The average molecular weight is 241 g/mol. The van der Waals surface area contributed by atoms with Gasteiger partial charge in [0.25, 0.3) is 0 Å². The van der Waals surface area contributed by atoms with E-state index in [2.05, 4.69) is 4.90 Å². The van der Waals surface area contributed by atoms with E-state index >= 15 is 0 Å². The summed E-state index contributed by atoms with van der Waals surface area (Å²) in [7, 11) is 0. The highest BCUT2D eigenvalue weighted by molar-refractivity contribution is 5.85. The van der Waals surface area contributed by atoms with Crippen LogP contribution >= 0.6 is 24.8 Å². The summed E-state index contributed by atoms with van der Waals surface area (Å²) in [6, 6.07) is 1.19. The molecule has 2 nitrogen and oxygen atoms in total. The number of nitrogens with two attached hydrogens (primary N) is 1. The fourth-order valence-electron chi connectivity index (χ4n) is 2.67. The van der Waals surface area contributed by atoms with Crippen LogP contribution in [0.25, 0.3) is 0 Å². The van der Waals surface area contributed by atoms with Crippen LogP contribution in [0, 0.1) is 0 Å². The zero-order valence-electron chi connectivity index (χ0n) is 8.65. The molecule has 0 amide bonds. The lowest BCUT2D eigenvalue weighted by molar-refractivity contribution is 0.168. The van der Waals surface area contributed by atoms with Crippen molar-refractivity contribution < 1.29 is 0 Å². The number of nitrogens with zero attached hydrogens (tertiary/aromatic N) is 1. The largest absolute Gasteiger partial charge is 0.326 e. The second-order valence-electron chi connectivity index (χ2n) is 4.26. The molecule has 0 bridgehead atoms. The summed E-state index contributed by atoms with van der Waals surface area (Å²) in [6.45, 7) is 2.61. The highest BCUT2D eigenvalue weighted by Gasteiger charge is 2.28. The molecule has 0 radical (unpaired) electrons. The summed E-state index contributed by atoms with van der Waals surface area (Å²) in [4.78, 5) is 2.61. The molecule has 2 aliphatic rings. The molecule has 1 saturated carbocycles. The van der Waals surface area contributed by atoms with Crippen molar-refractivity contribution in [3.8, 4) is 0 Å². The Morgan fingerprint density at radius 3 is 2.00 bits per heavy atom. The first kappa shape index (κ1) is 14.5. The fraction of sp³-hybridized carbons (Fsp3) is 1.00. The fourth-order valence-corrected chi connectivity index (χ4v) is 2.67. The van der Waals surface area contributed by atoms with Crippen LogP contribution in [-0.2, 0) is 0 Å². The van der Waals surface area contributed by atoms with Gasteiger partial charge in [0.1, 0.15) is 0 Å². The summed E-state index contributed by atoms with van der Waals surface area (Å²) in [5, 5.41) is 0. The van der Waals surface area contributed by atoms with E-state index in [1.54, 1.807) is 0 Å². The highest BCUT2D eigenvalue weighted by Crippen LogP contribution is 2.24.